The van der Waals surface area contributed by atoms with Crippen LogP contribution in [0.15, 0.2) is 18.3 Å². The van der Waals surface area contributed by atoms with Crippen LogP contribution in [-0.2, 0) is 0 Å². The number of rotatable bonds is 2. The van der Waals surface area contributed by atoms with Gasteiger partial charge >= 0.3 is 0 Å². The van der Waals surface area contributed by atoms with E-state index in [-0.39, 0.29) is 5.82 Å². The van der Waals surface area contributed by atoms with Crippen LogP contribution >= 0.6 is 0 Å². The van der Waals surface area contributed by atoms with Gasteiger partial charge in [-0.05, 0) is 19.1 Å². The van der Waals surface area contributed by atoms with Gasteiger partial charge in [0.15, 0.2) is 5.82 Å². The Hall–Kier alpha value is -1.98. The smallest absolute Gasteiger partial charge is 0.295 e. The number of alkyl halides is 2. The molecule has 0 saturated heterocycles. The van der Waals surface area contributed by atoms with E-state index in [4.69, 9.17) is 5.73 Å². The Labute approximate surface area is 90.5 Å². The molecule has 2 rings (SSSR count). The molecule has 0 saturated carbocycles. The molecule has 0 aliphatic rings. The first kappa shape index (κ1) is 10.5. The van der Waals surface area contributed by atoms with Crippen molar-refractivity contribution in [3.05, 3.63) is 29.8 Å². The van der Waals surface area contributed by atoms with E-state index in [0.29, 0.717) is 22.8 Å². The average Bonchev–Trinajstić information content (AvgIpc) is 2.66. The number of H-pyrrole nitrogens is 1. The number of halogens is 2. The highest BCUT2D eigenvalue weighted by Gasteiger charge is 2.13. The minimum atomic E-state index is -2.60. The molecular weight excluding hydrogens is 214 g/mol. The molecule has 6 heteroatoms. The number of pyridine rings is 1. The van der Waals surface area contributed by atoms with E-state index in [1.165, 1.54) is 6.20 Å². The second-order valence-corrected chi connectivity index (χ2v) is 3.35. The fraction of sp³-hybridized carbons (Fsp3) is 0.200. The lowest BCUT2D eigenvalue weighted by Gasteiger charge is -2.02. The molecule has 0 aliphatic carbocycles. The molecule has 0 atom stereocenters. The van der Waals surface area contributed by atoms with E-state index < -0.39 is 6.43 Å². The minimum Gasteiger partial charge on any atom is -0.384 e. The van der Waals surface area contributed by atoms with Crippen LogP contribution in [0.25, 0.3) is 11.3 Å². The number of nitrogen functional groups attached to an aromatic ring is 1. The lowest BCUT2D eigenvalue weighted by molar-refractivity contribution is 0.141. The summed E-state index contributed by atoms with van der Waals surface area (Å²) >= 11 is 0. The fourth-order valence-corrected chi connectivity index (χ4v) is 1.45. The number of hydrogen-bond acceptors (Lipinski definition) is 3. The molecule has 0 aliphatic heterocycles. The van der Waals surface area contributed by atoms with Crippen molar-refractivity contribution < 1.29 is 8.78 Å². The first-order valence-corrected chi connectivity index (χ1v) is 4.64. The lowest BCUT2D eigenvalue weighted by Crippen LogP contribution is -1.94. The zero-order valence-electron chi connectivity index (χ0n) is 8.54. The number of nitrogens with two attached hydrogens (primary N) is 1. The summed E-state index contributed by atoms with van der Waals surface area (Å²) in [5, 5.41) is 0. The third-order valence-electron chi connectivity index (χ3n) is 2.20. The quantitative estimate of drug-likeness (QED) is 0.822. The minimum absolute atomic E-state index is 0.341. The van der Waals surface area contributed by atoms with Crippen LogP contribution in [0.2, 0.25) is 0 Å². The molecule has 16 heavy (non-hydrogen) atoms. The van der Waals surface area contributed by atoms with Gasteiger partial charge in [-0.1, -0.05) is 0 Å². The van der Waals surface area contributed by atoms with Crippen molar-refractivity contribution in [2.45, 2.75) is 13.3 Å². The third kappa shape index (κ3) is 1.86. The van der Waals surface area contributed by atoms with Gasteiger partial charge in [0.05, 0.1) is 11.9 Å². The molecule has 0 amide bonds. The van der Waals surface area contributed by atoms with Crippen LogP contribution in [0.5, 0.6) is 0 Å². The third-order valence-corrected chi connectivity index (χ3v) is 2.20. The number of hydrogen-bond donors (Lipinski definition) is 2. The van der Waals surface area contributed by atoms with Crippen molar-refractivity contribution in [2.75, 3.05) is 5.73 Å². The topological polar surface area (TPSA) is 67.6 Å². The maximum absolute atomic E-state index is 12.3. The van der Waals surface area contributed by atoms with Crippen molar-refractivity contribution in [2.24, 2.45) is 0 Å². The van der Waals surface area contributed by atoms with E-state index >= 15 is 0 Å². The molecule has 0 unspecified atom stereocenters. The van der Waals surface area contributed by atoms with Crippen molar-refractivity contribution in [3.8, 4) is 11.3 Å². The van der Waals surface area contributed by atoms with Crippen molar-refractivity contribution in [1.82, 2.24) is 15.0 Å². The normalized spacial score (nSPS) is 11.0. The molecule has 2 aromatic rings. The van der Waals surface area contributed by atoms with E-state index in [1.54, 1.807) is 19.1 Å². The van der Waals surface area contributed by atoms with Gasteiger partial charge in [0.2, 0.25) is 0 Å². The summed E-state index contributed by atoms with van der Waals surface area (Å²) in [5.41, 5.74) is 7.40. The Morgan fingerprint density at radius 3 is 2.69 bits per heavy atom. The van der Waals surface area contributed by atoms with Gasteiger partial charge < -0.3 is 10.7 Å². The first-order valence-electron chi connectivity index (χ1n) is 4.64. The molecule has 0 radical (unpaired) electrons. The maximum atomic E-state index is 12.3. The van der Waals surface area contributed by atoms with Crippen LogP contribution in [-0.4, -0.2) is 15.0 Å². The zero-order valence-corrected chi connectivity index (χ0v) is 8.54. The summed E-state index contributed by atoms with van der Waals surface area (Å²) in [6.45, 7) is 1.76. The predicted octanol–water partition coefficient (Wildman–Crippen LogP) is 2.30. The number of aromatic nitrogens is 3. The summed E-state index contributed by atoms with van der Waals surface area (Å²) in [6.07, 6.45) is -1.24. The standard InChI is InChI=1S/C10H10F2N4/c1-5-6(2-3-8(13)15-5)7-4-14-10(16-7)9(11)12/h2-4,9H,1H3,(H2,13,15)(H,14,16). The number of aromatic amines is 1. The van der Waals surface area contributed by atoms with E-state index in [1.807, 2.05) is 0 Å². The number of aryl methyl sites for hydroxylation is 1. The Balaban J connectivity index is 2.42. The second-order valence-electron chi connectivity index (χ2n) is 3.35. The summed E-state index contributed by atoms with van der Waals surface area (Å²) < 4.78 is 24.7. The predicted molar refractivity (Wildman–Crippen MR) is 55.9 cm³/mol. The van der Waals surface area contributed by atoms with Gasteiger partial charge in [-0.2, -0.15) is 0 Å². The van der Waals surface area contributed by atoms with Gasteiger partial charge in [-0.15, -0.1) is 0 Å². The highest BCUT2D eigenvalue weighted by molar-refractivity contribution is 5.62. The molecule has 84 valence electrons. The molecule has 0 fully saturated rings. The second kappa shape index (κ2) is 3.88. The highest BCUT2D eigenvalue weighted by Crippen LogP contribution is 2.23. The van der Waals surface area contributed by atoms with E-state index in [9.17, 15) is 8.78 Å². The Morgan fingerprint density at radius 2 is 2.12 bits per heavy atom. The largest absolute Gasteiger partial charge is 0.384 e. The number of imidazole rings is 1. The fourth-order valence-electron chi connectivity index (χ4n) is 1.45. The monoisotopic (exact) mass is 224 g/mol. The number of nitrogens with one attached hydrogen (secondary N) is 1. The van der Waals surface area contributed by atoms with Gasteiger partial charge in [0.1, 0.15) is 5.82 Å². The molecule has 4 nitrogen and oxygen atoms in total. The highest BCUT2D eigenvalue weighted by atomic mass is 19.3. The molecule has 2 aromatic heterocycles. The molecular formula is C10H10F2N4. The molecule has 0 bridgehead atoms. The van der Waals surface area contributed by atoms with Gasteiger partial charge in [0, 0.05) is 11.3 Å². The maximum Gasteiger partial charge on any atom is 0.295 e. The molecule has 0 aromatic carbocycles. The van der Waals surface area contributed by atoms with Crippen LogP contribution in [0.1, 0.15) is 17.9 Å². The Bertz CT molecular complexity index is 507. The van der Waals surface area contributed by atoms with E-state index in [0.717, 1.165) is 0 Å². The number of anilines is 1. The summed E-state index contributed by atoms with van der Waals surface area (Å²) in [7, 11) is 0. The van der Waals surface area contributed by atoms with Crippen molar-refractivity contribution in [3.63, 3.8) is 0 Å². The Morgan fingerprint density at radius 1 is 1.38 bits per heavy atom. The molecule has 3 N–H and O–H groups in total. The van der Waals surface area contributed by atoms with Crippen molar-refractivity contribution in [1.29, 1.82) is 0 Å². The van der Waals surface area contributed by atoms with Gasteiger partial charge in [0.25, 0.3) is 6.43 Å². The van der Waals surface area contributed by atoms with Crippen LogP contribution in [0, 0.1) is 6.92 Å². The van der Waals surface area contributed by atoms with Crippen LogP contribution in [0.3, 0.4) is 0 Å². The lowest BCUT2D eigenvalue weighted by atomic mass is 10.1. The summed E-state index contributed by atoms with van der Waals surface area (Å²) in [4.78, 5) is 10.2. The summed E-state index contributed by atoms with van der Waals surface area (Å²) in [6, 6.07) is 3.34. The zero-order chi connectivity index (χ0) is 11.7. The summed E-state index contributed by atoms with van der Waals surface area (Å²) in [5.74, 6) is 0.0565. The average molecular weight is 224 g/mol. The molecule has 2 heterocycles. The van der Waals surface area contributed by atoms with Gasteiger partial charge in [-0.3, -0.25) is 0 Å². The van der Waals surface area contributed by atoms with Crippen LogP contribution in [0.4, 0.5) is 14.6 Å². The van der Waals surface area contributed by atoms with Crippen LogP contribution < -0.4 is 5.73 Å². The molecule has 0 spiro atoms. The van der Waals surface area contributed by atoms with Gasteiger partial charge in [-0.25, -0.2) is 18.7 Å². The number of nitrogens with zero attached hydrogens (tertiary/aromatic N) is 2. The first-order chi connectivity index (χ1) is 7.58. The Kier molecular flexibility index (Phi) is 2.55. The van der Waals surface area contributed by atoms with E-state index in [2.05, 4.69) is 15.0 Å². The van der Waals surface area contributed by atoms with Crippen molar-refractivity contribution >= 4 is 5.82 Å². The SMILES string of the molecule is Cc1nc(N)ccc1-c1cnc(C(F)F)[nH]1.